The van der Waals surface area contributed by atoms with Gasteiger partial charge in [-0.05, 0) is 12.7 Å². The van der Waals surface area contributed by atoms with E-state index in [1.165, 1.54) is 0 Å². The third kappa shape index (κ3) is 4.39. The van der Waals surface area contributed by atoms with Crippen LogP contribution in [0.1, 0.15) is 59.8 Å². The molecule has 5 atom stereocenters. The normalized spacial score (nSPS) is 46.3. The molecule has 1 aliphatic rings. The van der Waals surface area contributed by atoms with Crippen molar-refractivity contribution in [3.05, 3.63) is 0 Å². The van der Waals surface area contributed by atoms with Crippen LogP contribution < -0.4 is 0 Å². The molecule has 0 aromatic heterocycles. The first-order valence-electron chi connectivity index (χ1n) is 13.2. The van der Waals surface area contributed by atoms with Crippen LogP contribution in [0, 0.1) is 5.89 Å². The first-order valence-corrected chi connectivity index (χ1v) is 5.69. The summed E-state index contributed by atoms with van der Waals surface area (Å²) >= 11 is 0. The SMILES string of the molecule is [2H]C([2H])([2H])C([2H])([2H])C([2H])([2H])C([2H])(C(=O)O[C@@H]1O[C@H](C(=O)O)[C@@H](O)[C@H](O)[C@H]1O)C([2H])([2H])C([2H])([2H])C([2H])([2H])[2H]. The lowest BCUT2D eigenvalue weighted by molar-refractivity contribution is -0.287. The molecule has 22 heavy (non-hydrogen) atoms. The molecule has 1 fully saturated rings. The van der Waals surface area contributed by atoms with Crippen LogP contribution in [0.4, 0.5) is 0 Å². The van der Waals surface area contributed by atoms with Gasteiger partial charge in [0.2, 0.25) is 6.29 Å². The molecule has 0 radical (unpaired) electrons. The molecule has 128 valence electrons. The number of carboxylic acid groups (broad SMARTS) is 1. The Morgan fingerprint density at radius 2 is 1.82 bits per heavy atom. The summed E-state index contributed by atoms with van der Waals surface area (Å²) in [5, 5.41) is 38.6. The minimum Gasteiger partial charge on any atom is -0.479 e. The maximum absolute atomic E-state index is 13.1. The number of rotatable bonds is 7. The lowest BCUT2D eigenvalue weighted by Crippen LogP contribution is -2.60. The quantitative estimate of drug-likeness (QED) is 0.463. The summed E-state index contributed by atoms with van der Waals surface area (Å²) in [6.07, 6.45) is -30.6. The number of aliphatic hydroxyl groups excluding tert-OH is 3. The molecule has 1 aliphatic heterocycles. The lowest BCUT2D eigenvalue weighted by atomic mass is 9.97. The Morgan fingerprint density at radius 3 is 2.32 bits per heavy atom. The number of carbonyl (C=O) groups excluding carboxylic acids is 1. The second kappa shape index (κ2) is 8.42. The predicted molar refractivity (Wildman–Crippen MR) is 73.7 cm³/mol. The van der Waals surface area contributed by atoms with E-state index in [9.17, 15) is 24.9 Å². The van der Waals surface area contributed by atoms with E-state index in [4.69, 9.17) is 25.7 Å². The highest BCUT2D eigenvalue weighted by atomic mass is 16.7. The smallest absolute Gasteiger partial charge is 0.335 e. The fourth-order valence-electron chi connectivity index (χ4n) is 1.57. The van der Waals surface area contributed by atoms with E-state index in [1.54, 1.807) is 0 Å². The molecule has 0 aromatic carbocycles. The first kappa shape index (κ1) is 6.35. The Hall–Kier alpha value is -1.22. The molecular weight excluding hydrogens is 296 g/mol. The Bertz CT molecular complexity index is 847. The topological polar surface area (TPSA) is 134 Å². The van der Waals surface area contributed by atoms with E-state index < -0.39 is 87.7 Å². The van der Waals surface area contributed by atoms with Crippen molar-refractivity contribution >= 4 is 11.9 Å². The largest absolute Gasteiger partial charge is 0.479 e. The van der Waals surface area contributed by atoms with Gasteiger partial charge in [-0.1, -0.05) is 26.4 Å². The summed E-state index contributed by atoms with van der Waals surface area (Å²) in [5.74, 6) is -9.50. The Kier molecular flexibility index (Phi) is 2.43. The second-order valence-electron chi connectivity index (χ2n) is 4.02. The van der Waals surface area contributed by atoms with Gasteiger partial charge in [0, 0.05) is 20.6 Å². The molecule has 0 saturated carbocycles. The lowest BCUT2D eigenvalue weighted by Gasteiger charge is -2.38. The van der Waals surface area contributed by atoms with Gasteiger partial charge in [0.05, 0.1) is 5.89 Å². The van der Waals surface area contributed by atoms with E-state index in [1.807, 2.05) is 0 Å². The zero-order chi connectivity index (χ0) is 30.0. The van der Waals surface area contributed by atoms with Gasteiger partial charge < -0.3 is 29.9 Å². The van der Waals surface area contributed by atoms with Gasteiger partial charge >= 0.3 is 11.9 Å². The molecule has 0 amide bonds. The highest BCUT2D eigenvalue weighted by Crippen LogP contribution is 2.24. The van der Waals surface area contributed by atoms with E-state index in [0.29, 0.717) is 0 Å². The number of hydrogen-bond acceptors (Lipinski definition) is 7. The van der Waals surface area contributed by atoms with Crippen LogP contribution >= 0.6 is 0 Å². The molecule has 8 heteroatoms. The zero-order valence-electron chi connectivity index (χ0n) is 25.8. The second-order valence-corrected chi connectivity index (χ2v) is 4.02. The van der Waals surface area contributed by atoms with E-state index in [0.717, 1.165) is 0 Å². The molecule has 0 spiro atoms. The average molecular weight is 335 g/mol. The van der Waals surface area contributed by atoms with E-state index >= 15 is 0 Å². The first-order chi connectivity index (χ1) is 16.1. The van der Waals surface area contributed by atoms with Crippen molar-refractivity contribution in [2.24, 2.45) is 5.89 Å². The van der Waals surface area contributed by atoms with Gasteiger partial charge in [0.15, 0.2) is 6.10 Å². The minimum absolute atomic E-state index is 2.00. The molecule has 0 aromatic rings. The van der Waals surface area contributed by atoms with E-state index in [2.05, 4.69) is 9.47 Å². The maximum Gasteiger partial charge on any atom is 0.335 e. The van der Waals surface area contributed by atoms with Crippen molar-refractivity contribution in [2.75, 3.05) is 0 Å². The summed E-state index contributed by atoms with van der Waals surface area (Å²) in [6, 6.07) is 0. The van der Waals surface area contributed by atoms with Gasteiger partial charge in [-0.3, -0.25) is 4.79 Å². The van der Waals surface area contributed by atoms with Crippen LogP contribution in [0.3, 0.4) is 0 Å². The number of aliphatic carboxylic acids is 1. The fraction of sp³-hybridized carbons (Fsp3) is 0.857. The van der Waals surface area contributed by atoms with Crippen LogP contribution in [0.15, 0.2) is 0 Å². The monoisotopic (exact) mass is 335 g/mol. The van der Waals surface area contributed by atoms with Gasteiger partial charge in [-0.25, -0.2) is 4.79 Å². The van der Waals surface area contributed by atoms with Gasteiger partial charge in [0.25, 0.3) is 0 Å². The molecular formula is C14H24O8. The van der Waals surface area contributed by atoms with Gasteiger partial charge in [-0.2, -0.15) is 0 Å². The summed E-state index contributed by atoms with van der Waals surface area (Å²) in [5.41, 5.74) is 0. The van der Waals surface area contributed by atoms with Crippen molar-refractivity contribution in [3.8, 4) is 0 Å². The maximum atomic E-state index is 13.1. The minimum atomic E-state index is -4.77. The summed E-state index contributed by atoms with van der Waals surface area (Å²) in [4.78, 5) is 24.4. The van der Waals surface area contributed by atoms with Crippen LogP contribution in [-0.4, -0.2) is 63.1 Å². The third-order valence-corrected chi connectivity index (χ3v) is 2.62. The molecule has 0 unspecified atom stereocenters. The molecule has 1 saturated heterocycles. The Balaban J connectivity index is 3.85. The van der Waals surface area contributed by atoms with Crippen LogP contribution in [0.25, 0.3) is 0 Å². The van der Waals surface area contributed by atoms with Crippen molar-refractivity contribution in [1.29, 1.82) is 0 Å². The number of hydrogen-bond donors (Lipinski definition) is 4. The predicted octanol–water partition coefficient (Wildman–Crippen LogP) is -0.362. The molecule has 4 N–H and O–H groups in total. The highest BCUT2D eigenvalue weighted by molar-refractivity contribution is 5.74. The summed E-state index contributed by atoms with van der Waals surface area (Å²) in [7, 11) is 0. The van der Waals surface area contributed by atoms with Crippen LogP contribution in [-0.2, 0) is 19.1 Å². The summed E-state index contributed by atoms with van der Waals surface area (Å²) < 4.78 is 124. The van der Waals surface area contributed by atoms with Crippen molar-refractivity contribution < 1.29 is 60.1 Å². The van der Waals surface area contributed by atoms with Gasteiger partial charge in [0.1, 0.15) is 18.3 Å². The third-order valence-electron chi connectivity index (χ3n) is 2.62. The fourth-order valence-corrected chi connectivity index (χ4v) is 1.57. The van der Waals surface area contributed by atoms with Crippen LogP contribution in [0.5, 0.6) is 0 Å². The van der Waals surface area contributed by atoms with Crippen molar-refractivity contribution in [2.45, 2.75) is 69.9 Å². The number of ether oxygens (including phenoxy) is 2. The highest BCUT2D eigenvalue weighted by Gasteiger charge is 2.48. The molecule has 8 nitrogen and oxygen atoms in total. The van der Waals surface area contributed by atoms with Crippen molar-refractivity contribution in [3.63, 3.8) is 0 Å². The molecule has 0 bridgehead atoms. The van der Waals surface area contributed by atoms with Gasteiger partial charge in [-0.15, -0.1) is 0 Å². The molecule has 0 aliphatic carbocycles. The van der Waals surface area contributed by atoms with E-state index in [-0.39, 0.29) is 0 Å². The Labute approximate surface area is 149 Å². The summed E-state index contributed by atoms with van der Waals surface area (Å²) in [6.45, 7) is -8.14. The number of aliphatic hydroxyl groups is 3. The zero-order valence-corrected chi connectivity index (χ0v) is 10.8. The average Bonchev–Trinajstić information content (AvgIpc) is 2.70. The standard InChI is InChI=1S/C14H24O8/c1-3-5-7(6-4-2)13(20)22-14-10(17)8(15)9(16)11(21-14)12(18)19/h7-11,14-17H,3-6H2,1-2H3,(H,18,19)/t8-,9-,10+,11-,14-/m0/s1/i1D3,2D3,3D2,4D2,5D2,6D2,7D. The van der Waals surface area contributed by atoms with Crippen molar-refractivity contribution in [1.82, 2.24) is 0 Å². The number of carbonyl (C=O) groups is 2. The molecule has 1 rings (SSSR count). The number of carboxylic acids is 1. The molecule has 1 heterocycles. The Morgan fingerprint density at radius 1 is 1.23 bits per heavy atom. The number of esters is 1. The van der Waals surface area contributed by atoms with Crippen LogP contribution in [0.2, 0.25) is 0 Å².